The third kappa shape index (κ3) is 2.85. The predicted molar refractivity (Wildman–Crippen MR) is 82.9 cm³/mol. The van der Waals surface area contributed by atoms with Gasteiger partial charge >= 0.3 is 0 Å². The van der Waals surface area contributed by atoms with Crippen LogP contribution in [0.5, 0.6) is 0 Å². The third-order valence-electron chi connectivity index (χ3n) is 4.05. The van der Waals surface area contributed by atoms with Crippen molar-refractivity contribution >= 4 is 22.9 Å². The summed E-state index contributed by atoms with van der Waals surface area (Å²) in [7, 11) is 0. The molecule has 0 saturated heterocycles. The molecule has 1 heterocycles. The molecule has 7 heteroatoms. The second-order valence-corrected chi connectivity index (χ2v) is 6.83. The molecular formula is C16H15F3N2OS. The van der Waals surface area contributed by atoms with Gasteiger partial charge in [-0.1, -0.05) is 6.92 Å². The number of aromatic nitrogens is 1. The van der Waals surface area contributed by atoms with E-state index in [1.54, 1.807) is 6.92 Å². The molecule has 3 nitrogen and oxygen atoms in total. The molecule has 0 radical (unpaired) electrons. The number of nitrogens with zero attached hydrogens (tertiary/aromatic N) is 1. The van der Waals surface area contributed by atoms with Crippen LogP contribution in [0.4, 0.5) is 18.9 Å². The number of fused-ring (bicyclic) bond motifs is 1. The highest BCUT2D eigenvalue weighted by Gasteiger charge is 2.28. The zero-order valence-corrected chi connectivity index (χ0v) is 13.4. The molecule has 23 heavy (non-hydrogen) atoms. The number of carbonyl (C=O) groups is 1. The van der Waals surface area contributed by atoms with E-state index in [-0.39, 0.29) is 16.6 Å². The number of thiazole rings is 1. The summed E-state index contributed by atoms with van der Waals surface area (Å²) in [5.74, 6) is -0.826. The molecule has 122 valence electrons. The highest BCUT2D eigenvalue weighted by atomic mass is 32.1. The van der Waals surface area contributed by atoms with Gasteiger partial charge in [-0.25, -0.2) is 18.2 Å². The average molecular weight is 340 g/mol. The Bertz CT molecular complexity index is 773. The summed E-state index contributed by atoms with van der Waals surface area (Å²) in [6.45, 7) is 3.51. The number of amides is 1. The molecule has 2 aromatic rings. The number of alkyl halides is 2. The first kappa shape index (κ1) is 16.0. The van der Waals surface area contributed by atoms with Gasteiger partial charge in [-0.3, -0.25) is 4.79 Å². The van der Waals surface area contributed by atoms with E-state index in [0.717, 1.165) is 23.3 Å². The van der Waals surface area contributed by atoms with Crippen molar-refractivity contribution in [2.45, 2.75) is 39.0 Å². The summed E-state index contributed by atoms with van der Waals surface area (Å²) in [6.07, 6.45) is -1.34. The van der Waals surface area contributed by atoms with Crippen LogP contribution in [0.1, 0.15) is 57.2 Å². The van der Waals surface area contributed by atoms with Crippen molar-refractivity contribution in [2.24, 2.45) is 0 Å². The van der Waals surface area contributed by atoms with Crippen LogP contribution in [0.25, 0.3) is 0 Å². The standard InChI is InChI=1S/C16H15F3N2OS/c1-7-3-4-9-11(6-5-10(17)12(7)9)21-16(22)14-13(15(18)19)20-8(2)23-14/h5-7,15H,3-4H2,1-2H3,(H,21,22). The van der Waals surface area contributed by atoms with Gasteiger partial charge in [-0.2, -0.15) is 0 Å². The maximum atomic E-state index is 13.9. The van der Waals surface area contributed by atoms with Crippen molar-refractivity contribution < 1.29 is 18.0 Å². The van der Waals surface area contributed by atoms with Gasteiger partial charge in [-0.15, -0.1) is 11.3 Å². The highest BCUT2D eigenvalue weighted by Crippen LogP contribution is 2.39. The quantitative estimate of drug-likeness (QED) is 0.869. The Hall–Kier alpha value is -1.89. The van der Waals surface area contributed by atoms with Crippen molar-refractivity contribution in [1.29, 1.82) is 0 Å². The smallest absolute Gasteiger partial charge is 0.282 e. The first-order valence-electron chi connectivity index (χ1n) is 7.26. The van der Waals surface area contributed by atoms with Crippen LogP contribution in [-0.2, 0) is 6.42 Å². The fourth-order valence-corrected chi connectivity index (χ4v) is 3.82. The van der Waals surface area contributed by atoms with Crippen molar-refractivity contribution in [3.05, 3.63) is 44.7 Å². The predicted octanol–water partition coefficient (Wildman–Crippen LogP) is 4.83. The molecule has 0 saturated carbocycles. The number of hydrogen-bond acceptors (Lipinski definition) is 3. The van der Waals surface area contributed by atoms with Gasteiger partial charge in [0.25, 0.3) is 12.3 Å². The molecule has 1 aliphatic carbocycles. The molecular weight excluding hydrogens is 325 g/mol. The number of nitrogens with one attached hydrogen (secondary N) is 1. The summed E-state index contributed by atoms with van der Waals surface area (Å²) >= 11 is 0.930. The van der Waals surface area contributed by atoms with Crippen LogP contribution in [0, 0.1) is 12.7 Å². The lowest BCUT2D eigenvalue weighted by molar-refractivity contribution is 0.101. The first-order chi connectivity index (χ1) is 10.9. The van der Waals surface area contributed by atoms with E-state index in [9.17, 15) is 18.0 Å². The molecule has 1 aromatic carbocycles. The normalized spacial score (nSPS) is 16.7. The number of carbonyl (C=O) groups excluding carboxylic acids is 1. The molecule has 0 fully saturated rings. The largest absolute Gasteiger partial charge is 0.321 e. The van der Waals surface area contributed by atoms with Crippen LogP contribution in [0.15, 0.2) is 12.1 Å². The number of rotatable bonds is 3. The molecule has 1 atom stereocenters. The highest BCUT2D eigenvalue weighted by molar-refractivity contribution is 7.13. The Morgan fingerprint density at radius 2 is 2.17 bits per heavy atom. The van der Waals surface area contributed by atoms with E-state index in [4.69, 9.17) is 0 Å². The van der Waals surface area contributed by atoms with Crippen LogP contribution in [0.2, 0.25) is 0 Å². The van der Waals surface area contributed by atoms with Gasteiger partial charge in [0, 0.05) is 5.69 Å². The molecule has 1 aliphatic rings. The van der Waals surface area contributed by atoms with Crippen molar-refractivity contribution in [3.8, 4) is 0 Å². The number of halogens is 3. The molecule has 1 amide bonds. The second-order valence-electron chi connectivity index (χ2n) is 5.63. The second kappa shape index (κ2) is 5.96. The lowest BCUT2D eigenvalue weighted by atomic mass is 10.0. The Morgan fingerprint density at radius 3 is 2.87 bits per heavy atom. The minimum Gasteiger partial charge on any atom is -0.321 e. The molecule has 0 bridgehead atoms. The lowest BCUT2D eigenvalue weighted by Crippen LogP contribution is -2.14. The number of aryl methyl sites for hydroxylation is 1. The molecule has 1 unspecified atom stereocenters. The molecule has 0 spiro atoms. The summed E-state index contributed by atoms with van der Waals surface area (Å²) in [5.41, 5.74) is 1.35. The fraction of sp³-hybridized carbons (Fsp3) is 0.375. The van der Waals surface area contributed by atoms with Gasteiger partial charge < -0.3 is 5.32 Å². The van der Waals surface area contributed by atoms with E-state index < -0.39 is 18.0 Å². The van der Waals surface area contributed by atoms with Crippen LogP contribution >= 0.6 is 11.3 Å². The Morgan fingerprint density at radius 1 is 1.43 bits per heavy atom. The SMILES string of the molecule is Cc1nc(C(F)F)c(C(=O)Nc2ccc(F)c3c2CCC3C)s1. The van der Waals surface area contributed by atoms with E-state index in [0.29, 0.717) is 22.7 Å². The summed E-state index contributed by atoms with van der Waals surface area (Å²) in [4.78, 5) is 16.0. The number of anilines is 1. The maximum Gasteiger partial charge on any atom is 0.282 e. The van der Waals surface area contributed by atoms with E-state index in [2.05, 4.69) is 10.3 Å². The number of benzene rings is 1. The Balaban J connectivity index is 1.93. The van der Waals surface area contributed by atoms with Crippen LogP contribution < -0.4 is 5.32 Å². The Kier molecular flexibility index (Phi) is 4.14. The molecule has 1 aromatic heterocycles. The zero-order chi connectivity index (χ0) is 16.7. The van der Waals surface area contributed by atoms with E-state index in [1.165, 1.54) is 12.1 Å². The van der Waals surface area contributed by atoms with Gasteiger partial charge in [0.2, 0.25) is 0 Å². The van der Waals surface area contributed by atoms with Gasteiger partial charge in [0.1, 0.15) is 16.4 Å². The van der Waals surface area contributed by atoms with E-state index >= 15 is 0 Å². The maximum absolute atomic E-state index is 13.9. The topological polar surface area (TPSA) is 42.0 Å². The van der Waals surface area contributed by atoms with E-state index in [1.807, 2.05) is 6.92 Å². The Labute approximate surface area is 135 Å². The van der Waals surface area contributed by atoms with Gasteiger partial charge in [0.05, 0.1) is 5.01 Å². The third-order valence-corrected chi connectivity index (χ3v) is 5.03. The number of hydrogen-bond donors (Lipinski definition) is 1. The zero-order valence-electron chi connectivity index (χ0n) is 12.6. The fourth-order valence-electron chi connectivity index (χ4n) is 2.99. The minimum absolute atomic E-state index is 0.0872. The summed E-state index contributed by atoms with van der Waals surface area (Å²) < 4.78 is 39.9. The van der Waals surface area contributed by atoms with Crippen LogP contribution in [0.3, 0.4) is 0 Å². The summed E-state index contributed by atoms with van der Waals surface area (Å²) in [5, 5.41) is 3.05. The van der Waals surface area contributed by atoms with Crippen LogP contribution in [-0.4, -0.2) is 10.9 Å². The molecule has 0 aliphatic heterocycles. The van der Waals surface area contributed by atoms with Crippen molar-refractivity contribution in [3.63, 3.8) is 0 Å². The van der Waals surface area contributed by atoms with Crippen molar-refractivity contribution in [1.82, 2.24) is 4.98 Å². The monoisotopic (exact) mass is 340 g/mol. The van der Waals surface area contributed by atoms with Crippen molar-refractivity contribution in [2.75, 3.05) is 5.32 Å². The first-order valence-corrected chi connectivity index (χ1v) is 8.08. The van der Waals surface area contributed by atoms with Gasteiger partial charge in [0.15, 0.2) is 0 Å². The average Bonchev–Trinajstić information content (AvgIpc) is 3.06. The minimum atomic E-state index is -2.81. The molecule has 1 N–H and O–H groups in total. The summed E-state index contributed by atoms with van der Waals surface area (Å²) in [6, 6.07) is 2.79. The van der Waals surface area contributed by atoms with Gasteiger partial charge in [-0.05, 0) is 48.9 Å². The molecule has 3 rings (SSSR count). The lowest BCUT2D eigenvalue weighted by Gasteiger charge is -2.12.